The fraction of sp³-hybridized carbons (Fsp3) is 0.400. The molecule has 2 amide bonds. The van der Waals surface area contributed by atoms with Gasteiger partial charge in [0, 0.05) is 22.7 Å². The minimum atomic E-state index is -3.89. The van der Waals surface area contributed by atoms with E-state index in [-0.39, 0.29) is 23.9 Å². The maximum atomic E-state index is 13.5. The number of nitrogens with zero attached hydrogens (tertiary/aromatic N) is 2. The van der Waals surface area contributed by atoms with Gasteiger partial charge in [-0.15, -0.1) is 0 Å². The fourth-order valence-corrected chi connectivity index (χ4v) is 4.30. The normalized spacial score (nSPS) is 12.5. The highest BCUT2D eigenvalue weighted by molar-refractivity contribution is 7.92. The van der Waals surface area contributed by atoms with E-state index in [9.17, 15) is 22.8 Å². The molecule has 0 spiro atoms. The molecule has 0 aliphatic carbocycles. The Kier molecular flexibility index (Phi) is 9.08. The number of ketones is 1. The molecule has 0 aromatic heterocycles. The van der Waals surface area contributed by atoms with Crippen LogP contribution in [0.15, 0.2) is 48.5 Å². The first-order valence-corrected chi connectivity index (χ1v) is 13.3. The number of hydrogen-bond acceptors (Lipinski definition) is 5. The summed E-state index contributed by atoms with van der Waals surface area (Å²) in [5.74, 6) is -1.18. The molecule has 1 atom stereocenters. The highest BCUT2D eigenvalue weighted by Crippen LogP contribution is 2.21. The molecule has 0 fully saturated rings. The Morgan fingerprint density at radius 1 is 1.06 bits per heavy atom. The van der Waals surface area contributed by atoms with Crippen LogP contribution >= 0.6 is 11.6 Å². The summed E-state index contributed by atoms with van der Waals surface area (Å²) in [5.41, 5.74) is 0.709. The van der Waals surface area contributed by atoms with Crippen molar-refractivity contribution in [3.05, 3.63) is 64.7 Å². The number of nitrogens with one attached hydrogen (secondary N) is 1. The highest BCUT2D eigenvalue weighted by atomic mass is 35.5. The number of halogens is 1. The Morgan fingerprint density at radius 2 is 1.66 bits per heavy atom. The SMILES string of the molecule is CC(=O)c1cccc(N(CC(=O)N(Cc2ccc(Cl)cc2)[C@H](C)C(=O)NC(C)(C)C)S(C)(=O)=O)c1. The third kappa shape index (κ3) is 8.36. The van der Waals surface area contributed by atoms with Gasteiger partial charge in [0.2, 0.25) is 21.8 Å². The molecule has 2 rings (SSSR count). The van der Waals surface area contributed by atoms with Crippen LogP contribution in [0.2, 0.25) is 5.02 Å². The van der Waals surface area contributed by atoms with Crippen LogP contribution in [-0.2, 0) is 26.2 Å². The molecule has 190 valence electrons. The van der Waals surface area contributed by atoms with Crippen LogP contribution in [0, 0.1) is 0 Å². The molecule has 0 radical (unpaired) electrons. The van der Waals surface area contributed by atoms with E-state index in [2.05, 4.69) is 5.32 Å². The van der Waals surface area contributed by atoms with E-state index in [1.807, 2.05) is 20.8 Å². The number of sulfonamides is 1. The Labute approximate surface area is 212 Å². The minimum Gasteiger partial charge on any atom is -0.350 e. The minimum absolute atomic E-state index is 0.0693. The number of benzene rings is 2. The number of carbonyl (C=O) groups is 3. The molecule has 0 heterocycles. The van der Waals surface area contributed by atoms with Crippen molar-refractivity contribution in [3.63, 3.8) is 0 Å². The number of hydrogen-bond donors (Lipinski definition) is 1. The van der Waals surface area contributed by atoms with E-state index in [1.54, 1.807) is 43.3 Å². The zero-order valence-electron chi connectivity index (χ0n) is 20.8. The Hall–Kier alpha value is -2.91. The number of carbonyl (C=O) groups excluding carboxylic acids is 3. The smallest absolute Gasteiger partial charge is 0.244 e. The standard InChI is InChI=1S/C25H32ClN3O5S/c1-17(24(32)27-25(3,4)5)28(15-19-10-12-21(26)13-11-19)23(31)16-29(35(6,33)34)22-9-7-8-20(14-22)18(2)30/h7-14,17H,15-16H2,1-6H3,(H,27,32)/t17-/m1/s1. The first kappa shape index (κ1) is 28.3. The lowest BCUT2D eigenvalue weighted by Crippen LogP contribution is -2.54. The second-order valence-corrected chi connectivity index (χ2v) is 11.8. The predicted molar refractivity (Wildman–Crippen MR) is 138 cm³/mol. The van der Waals surface area contributed by atoms with E-state index in [0.29, 0.717) is 10.6 Å². The van der Waals surface area contributed by atoms with Gasteiger partial charge in [0.15, 0.2) is 5.78 Å². The van der Waals surface area contributed by atoms with E-state index < -0.39 is 34.1 Å². The van der Waals surface area contributed by atoms with Crippen molar-refractivity contribution in [1.29, 1.82) is 0 Å². The van der Waals surface area contributed by atoms with E-state index in [0.717, 1.165) is 16.1 Å². The van der Waals surface area contributed by atoms with Gasteiger partial charge in [0.25, 0.3) is 0 Å². The van der Waals surface area contributed by atoms with Gasteiger partial charge in [0.05, 0.1) is 11.9 Å². The first-order valence-electron chi connectivity index (χ1n) is 11.0. The van der Waals surface area contributed by atoms with Gasteiger partial charge < -0.3 is 10.2 Å². The molecule has 2 aromatic carbocycles. The summed E-state index contributed by atoms with van der Waals surface area (Å²) in [6, 6.07) is 12.0. The molecule has 0 aliphatic rings. The third-order valence-corrected chi connectivity index (χ3v) is 6.54. The molecule has 35 heavy (non-hydrogen) atoms. The summed E-state index contributed by atoms with van der Waals surface area (Å²) in [6.45, 7) is 7.98. The maximum absolute atomic E-state index is 13.5. The summed E-state index contributed by atoms with van der Waals surface area (Å²) >= 11 is 5.98. The van der Waals surface area contributed by atoms with Crippen molar-refractivity contribution in [3.8, 4) is 0 Å². The maximum Gasteiger partial charge on any atom is 0.244 e. The zero-order valence-corrected chi connectivity index (χ0v) is 22.4. The largest absolute Gasteiger partial charge is 0.350 e. The Bertz CT molecular complexity index is 1190. The molecule has 2 aromatic rings. The van der Waals surface area contributed by atoms with Crippen molar-refractivity contribution in [2.75, 3.05) is 17.1 Å². The van der Waals surface area contributed by atoms with Crippen molar-refractivity contribution < 1.29 is 22.8 Å². The highest BCUT2D eigenvalue weighted by Gasteiger charge is 2.31. The fourth-order valence-electron chi connectivity index (χ4n) is 3.34. The second-order valence-electron chi connectivity index (χ2n) is 9.44. The van der Waals surface area contributed by atoms with Crippen molar-refractivity contribution in [2.45, 2.75) is 52.7 Å². The lowest BCUT2D eigenvalue weighted by molar-refractivity contribution is -0.140. The zero-order chi connectivity index (χ0) is 26.6. The van der Waals surface area contributed by atoms with Gasteiger partial charge in [0.1, 0.15) is 12.6 Å². The summed E-state index contributed by atoms with van der Waals surface area (Å²) in [5, 5.41) is 3.39. The molecule has 10 heteroatoms. The Balaban J connectivity index is 2.43. The average Bonchev–Trinajstić information content (AvgIpc) is 2.74. The monoisotopic (exact) mass is 521 g/mol. The van der Waals surface area contributed by atoms with Crippen molar-refractivity contribution in [1.82, 2.24) is 10.2 Å². The molecular formula is C25H32ClN3O5S. The predicted octanol–water partition coefficient (Wildman–Crippen LogP) is 3.64. The summed E-state index contributed by atoms with van der Waals surface area (Å²) in [7, 11) is -3.89. The van der Waals surface area contributed by atoms with E-state index in [1.165, 1.54) is 24.0 Å². The van der Waals surface area contributed by atoms with E-state index in [4.69, 9.17) is 11.6 Å². The van der Waals surface area contributed by atoms with Gasteiger partial charge in [-0.3, -0.25) is 18.7 Å². The van der Waals surface area contributed by atoms with Crippen molar-refractivity contribution >= 4 is 44.9 Å². The quantitative estimate of drug-likeness (QED) is 0.507. The van der Waals surface area contributed by atoms with Crippen LogP contribution < -0.4 is 9.62 Å². The van der Waals surface area contributed by atoms with Gasteiger partial charge in [-0.2, -0.15) is 0 Å². The van der Waals surface area contributed by atoms with Crippen LogP contribution in [0.4, 0.5) is 5.69 Å². The summed E-state index contributed by atoms with van der Waals surface area (Å²) in [4.78, 5) is 39.6. The Morgan fingerprint density at radius 3 is 2.17 bits per heavy atom. The molecule has 0 unspecified atom stereocenters. The number of rotatable bonds is 9. The van der Waals surface area contributed by atoms with Crippen LogP contribution in [-0.4, -0.2) is 55.3 Å². The van der Waals surface area contributed by atoms with Crippen LogP contribution in [0.5, 0.6) is 0 Å². The van der Waals surface area contributed by atoms with Crippen LogP contribution in [0.25, 0.3) is 0 Å². The van der Waals surface area contributed by atoms with Crippen molar-refractivity contribution in [2.24, 2.45) is 0 Å². The van der Waals surface area contributed by atoms with E-state index >= 15 is 0 Å². The molecule has 0 saturated heterocycles. The molecule has 0 aliphatic heterocycles. The summed E-state index contributed by atoms with van der Waals surface area (Å²) in [6.07, 6.45) is 0.986. The van der Waals surface area contributed by atoms with Gasteiger partial charge >= 0.3 is 0 Å². The first-order chi connectivity index (χ1) is 16.1. The molecule has 8 nitrogen and oxygen atoms in total. The average molecular weight is 522 g/mol. The van der Waals surface area contributed by atoms with Crippen LogP contribution in [0.1, 0.15) is 50.5 Å². The molecule has 0 bridgehead atoms. The van der Waals surface area contributed by atoms with Gasteiger partial charge in [-0.05, 0) is 64.4 Å². The lowest BCUT2D eigenvalue weighted by atomic mass is 10.1. The number of amides is 2. The number of Topliss-reactive ketones (excluding diaryl/α,β-unsaturated/α-hetero) is 1. The van der Waals surface area contributed by atoms with Gasteiger partial charge in [-0.1, -0.05) is 35.9 Å². The van der Waals surface area contributed by atoms with Crippen LogP contribution in [0.3, 0.4) is 0 Å². The topological polar surface area (TPSA) is 104 Å². The number of anilines is 1. The van der Waals surface area contributed by atoms with Gasteiger partial charge in [-0.25, -0.2) is 8.42 Å². The summed E-state index contributed by atoms with van der Waals surface area (Å²) < 4.78 is 26.2. The second kappa shape index (κ2) is 11.2. The molecular weight excluding hydrogens is 490 g/mol. The lowest BCUT2D eigenvalue weighted by Gasteiger charge is -2.33. The molecule has 0 saturated carbocycles. The third-order valence-electron chi connectivity index (χ3n) is 5.15. The molecule has 1 N–H and O–H groups in total.